The van der Waals surface area contributed by atoms with Crippen LogP contribution in [0.5, 0.6) is 0 Å². The number of pyridine rings is 2. The van der Waals surface area contributed by atoms with Crippen LogP contribution in [0.15, 0.2) is 78.0 Å². The summed E-state index contributed by atoms with van der Waals surface area (Å²) in [7, 11) is -3.70. The first-order chi connectivity index (χ1) is 17.9. The summed E-state index contributed by atoms with van der Waals surface area (Å²) >= 11 is 6.27. The minimum Gasteiger partial charge on any atom is -0.348 e. The Morgan fingerprint density at radius 2 is 1.76 bits per heavy atom. The van der Waals surface area contributed by atoms with Crippen molar-refractivity contribution in [3.8, 4) is 11.3 Å². The zero-order valence-corrected chi connectivity index (χ0v) is 21.8. The highest BCUT2D eigenvalue weighted by Gasteiger charge is 2.26. The summed E-state index contributed by atoms with van der Waals surface area (Å²) in [6.45, 7) is 1.24. The van der Waals surface area contributed by atoms with E-state index in [9.17, 15) is 13.2 Å². The maximum atomic E-state index is 13.5. The lowest BCUT2D eigenvalue weighted by atomic mass is 10.0. The van der Waals surface area contributed by atoms with E-state index in [0.717, 1.165) is 36.8 Å². The Bertz CT molecular complexity index is 1540. The van der Waals surface area contributed by atoms with E-state index in [4.69, 9.17) is 16.6 Å². The summed E-state index contributed by atoms with van der Waals surface area (Å²) < 4.78 is 28.5. The molecule has 2 aromatic heterocycles. The number of rotatable bonds is 6. The van der Waals surface area contributed by atoms with Crippen LogP contribution in [-0.4, -0.2) is 41.7 Å². The Labute approximate surface area is 221 Å². The van der Waals surface area contributed by atoms with Crippen molar-refractivity contribution in [1.29, 1.82) is 0 Å². The normalized spacial score (nSPS) is 14.8. The number of hydrogen-bond acceptors (Lipinski definition) is 5. The van der Waals surface area contributed by atoms with Gasteiger partial charge in [0.25, 0.3) is 5.91 Å². The number of carbonyl (C=O) groups is 1. The van der Waals surface area contributed by atoms with Crippen molar-refractivity contribution in [2.45, 2.75) is 37.1 Å². The van der Waals surface area contributed by atoms with Crippen LogP contribution in [0, 0.1) is 0 Å². The van der Waals surface area contributed by atoms with Crippen LogP contribution in [0.3, 0.4) is 0 Å². The molecule has 9 heteroatoms. The van der Waals surface area contributed by atoms with Crippen LogP contribution in [-0.2, 0) is 16.6 Å². The number of nitrogens with zero attached hydrogens (tertiary/aromatic N) is 3. The Morgan fingerprint density at radius 3 is 2.49 bits per heavy atom. The molecule has 1 aliphatic rings. The molecular formula is C28H27ClN4O3S. The first kappa shape index (κ1) is 25.3. The topological polar surface area (TPSA) is 92.3 Å². The van der Waals surface area contributed by atoms with E-state index in [0.29, 0.717) is 40.3 Å². The second kappa shape index (κ2) is 11.0. The predicted molar refractivity (Wildman–Crippen MR) is 145 cm³/mol. The van der Waals surface area contributed by atoms with Gasteiger partial charge in [0.2, 0.25) is 10.0 Å². The van der Waals surface area contributed by atoms with E-state index < -0.39 is 10.0 Å². The van der Waals surface area contributed by atoms with E-state index in [2.05, 4.69) is 10.3 Å². The summed E-state index contributed by atoms with van der Waals surface area (Å²) in [6, 6.07) is 17.5. The molecule has 1 fully saturated rings. The number of amides is 1. The van der Waals surface area contributed by atoms with Crippen LogP contribution in [0.1, 0.15) is 41.6 Å². The van der Waals surface area contributed by atoms with Gasteiger partial charge >= 0.3 is 0 Å². The number of sulfonamides is 1. The molecule has 0 radical (unpaired) electrons. The summed E-state index contributed by atoms with van der Waals surface area (Å²) in [5.74, 6) is -0.346. The molecule has 1 saturated heterocycles. The van der Waals surface area contributed by atoms with Crippen molar-refractivity contribution in [3.63, 3.8) is 0 Å². The minimum atomic E-state index is -3.70. The quantitative estimate of drug-likeness (QED) is 0.355. The Morgan fingerprint density at radius 1 is 0.973 bits per heavy atom. The monoisotopic (exact) mass is 534 g/mol. The van der Waals surface area contributed by atoms with Gasteiger partial charge in [0.05, 0.1) is 21.7 Å². The third kappa shape index (κ3) is 5.51. The number of benzene rings is 2. The van der Waals surface area contributed by atoms with E-state index in [-0.39, 0.29) is 17.3 Å². The average Bonchev–Trinajstić information content (AvgIpc) is 3.22. The second-order valence-electron chi connectivity index (χ2n) is 9.07. The maximum absolute atomic E-state index is 13.5. The molecule has 7 nitrogen and oxygen atoms in total. The fraction of sp³-hybridized carbons (Fsp3) is 0.250. The predicted octanol–water partition coefficient (Wildman–Crippen LogP) is 5.44. The summed E-state index contributed by atoms with van der Waals surface area (Å²) in [5.41, 5.74) is 2.98. The van der Waals surface area contributed by atoms with Crippen LogP contribution in [0.4, 0.5) is 0 Å². The molecule has 5 rings (SSSR count). The number of carbonyl (C=O) groups excluding carboxylic acids is 1. The van der Waals surface area contributed by atoms with E-state index in [1.807, 2.05) is 24.3 Å². The lowest BCUT2D eigenvalue weighted by Crippen LogP contribution is -2.32. The zero-order valence-electron chi connectivity index (χ0n) is 20.2. The van der Waals surface area contributed by atoms with Gasteiger partial charge < -0.3 is 5.32 Å². The molecule has 4 aromatic rings. The Hall–Kier alpha value is -3.33. The Balaban J connectivity index is 1.57. The van der Waals surface area contributed by atoms with Crippen LogP contribution in [0.2, 0.25) is 5.02 Å². The molecule has 1 N–H and O–H groups in total. The molecule has 0 spiro atoms. The molecule has 190 valence electrons. The van der Waals surface area contributed by atoms with Gasteiger partial charge in [0.15, 0.2) is 0 Å². The summed E-state index contributed by atoms with van der Waals surface area (Å²) in [6.07, 6.45) is 7.09. The van der Waals surface area contributed by atoms with Gasteiger partial charge in [-0.25, -0.2) is 13.4 Å². The number of aromatic nitrogens is 2. The lowest BCUT2D eigenvalue weighted by Gasteiger charge is -2.20. The van der Waals surface area contributed by atoms with Gasteiger partial charge in [-0.05, 0) is 60.9 Å². The van der Waals surface area contributed by atoms with Gasteiger partial charge in [0.1, 0.15) is 0 Å². The van der Waals surface area contributed by atoms with Gasteiger partial charge in [-0.1, -0.05) is 42.6 Å². The number of halogens is 1. The third-order valence-electron chi connectivity index (χ3n) is 6.58. The van der Waals surface area contributed by atoms with Crippen LogP contribution >= 0.6 is 11.6 Å². The number of fused-ring (bicyclic) bond motifs is 1. The second-order valence-corrected chi connectivity index (χ2v) is 11.4. The molecule has 0 atom stereocenters. The molecular weight excluding hydrogens is 508 g/mol. The highest BCUT2D eigenvalue weighted by Crippen LogP contribution is 2.29. The largest absolute Gasteiger partial charge is 0.348 e. The molecule has 3 heterocycles. The van der Waals surface area contributed by atoms with E-state index >= 15 is 0 Å². The van der Waals surface area contributed by atoms with Crippen molar-refractivity contribution >= 4 is 38.4 Å². The first-order valence-corrected chi connectivity index (χ1v) is 14.1. The Kier molecular flexibility index (Phi) is 7.50. The number of nitrogens with one attached hydrogen (secondary N) is 1. The summed E-state index contributed by atoms with van der Waals surface area (Å²) in [4.78, 5) is 22.5. The minimum absolute atomic E-state index is 0.165. The first-order valence-electron chi connectivity index (χ1n) is 12.3. The highest BCUT2D eigenvalue weighted by atomic mass is 35.5. The fourth-order valence-corrected chi connectivity index (χ4v) is 6.31. The lowest BCUT2D eigenvalue weighted by molar-refractivity contribution is 0.0952. The molecule has 0 saturated carbocycles. The SMILES string of the molecule is O=C(NCc1ccccc1Cl)c1cc(-c2cccnc2)nc2ccc(S(=O)(=O)N3CCCCCC3)cc12. The molecule has 0 bridgehead atoms. The molecule has 0 unspecified atom stereocenters. The fourth-order valence-electron chi connectivity index (χ4n) is 4.56. The highest BCUT2D eigenvalue weighted by molar-refractivity contribution is 7.89. The molecule has 0 aliphatic carbocycles. The molecule has 1 amide bonds. The van der Waals surface area contributed by atoms with Crippen molar-refractivity contribution in [2.24, 2.45) is 0 Å². The van der Waals surface area contributed by atoms with Crippen molar-refractivity contribution < 1.29 is 13.2 Å². The van der Waals surface area contributed by atoms with Gasteiger partial charge in [0, 0.05) is 48.0 Å². The summed E-state index contributed by atoms with van der Waals surface area (Å²) in [5, 5.41) is 3.96. The van der Waals surface area contributed by atoms with Gasteiger partial charge in [-0.3, -0.25) is 9.78 Å². The van der Waals surface area contributed by atoms with Gasteiger partial charge in [-0.2, -0.15) is 4.31 Å². The van der Waals surface area contributed by atoms with Crippen molar-refractivity contribution in [1.82, 2.24) is 19.6 Å². The van der Waals surface area contributed by atoms with E-state index in [1.165, 1.54) is 0 Å². The average molecular weight is 535 g/mol. The van der Waals surface area contributed by atoms with Gasteiger partial charge in [-0.15, -0.1) is 0 Å². The van der Waals surface area contributed by atoms with Crippen LogP contribution in [0.25, 0.3) is 22.2 Å². The van der Waals surface area contributed by atoms with Crippen molar-refractivity contribution in [2.75, 3.05) is 13.1 Å². The molecule has 1 aliphatic heterocycles. The number of hydrogen-bond donors (Lipinski definition) is 1. The van der Waals surface area contributed by atoms with E-state index in [1.54, 1.807) is 53.1 Å². The zero-order chi connectivity index (χ0) is 25.8. The third-order valence-corrected chi connectivity index (χ3v) is 8.85. The van der Waals surface area contributed by atoms with Crippen molar-refractivity contribution in [3.05, 3.63) is 89.2 Å². The molecule has 2 aromatic carbocycles. The molecule has 37 heavy (non-hydrogen) atoms. The van der Waals surface area contributed by atoms with Crippen LogP contribution < -0.4 is 5.32 Å². The smallest absolute Gasteiger partial charge is 0.252 e. The standard InChI is InChI=1S/C28H27ClN4O3S/c29-25-10-4-3-8-20(25)19-31-28(34)24-17-27(21-9-7-13-30-18-21)32-26-12-11-22(16-23(24)26)37(35,36)33-14-5-1-2-6-15-33/h3-4,7-13,16-18H,1-2,5-6,14-15,19H2,(H,31,34). The maximum Gasteiger partial charge on any atom is 0.252 e.